The van der Waals surface area contributed by atoms with Crippen molar-refractivity contribution in [2.75, 3.05) is 20.6 Å². The second kappa shape index (κ2) is 6.61. The van der Waals surface area contributed by atoms with E-state index in [2.05, 4.69) is 11.8 Å². The van der Waals surface area contributed by atoms with E-state index in [1.807, 2.05) is 68.7 Å². The predicted octanol–water partition coefficient (Wildman–Crippen LogP) is 3.77. The SMILES string of the molecule is C[C@@H](CN(C)C)[C@](O)(c1ccccc1)c1ccc(Cl)cc1. The monoisotopic (exact) mass is 303 g/mol. The van der Waals surface area contributed by atoms with Crippen LogP contribution in [0.4, 0.5) is 0 Å². The van der Waals surface area contributed by atoms with E-state index >= 15 is 0 Å². The van der Waals surface area contributed by atoms with Crippen molar-refractivity contribution in [2.24, 2.45) is 5.92 Å². The summed E-state index contributed by atoms with van der Waals surface area (Å²) in [5.74, 6) is 0.0380. The van der Waals surface area contributed by atoms with Crippen LogP contribution in [0.15, 0.2) is 54.6 Å². The number of hydrogen-bond donors (Lipinski definition) is 1. The van der Waals surface area contributed by atoms with Gasteiger partial charge in [-0.2, -0.15) is 0 Å². The van der Waals surface area contributed by atoms with Gasteiger partial charge in [0.2, 0.25) is 0 Å². The third kappa shape index (κ3) is 3.46. The zero-order valence-corrected chi connectivity index (χ0v) is 13.5. The van der Waals surface area contributed by atoms with E-state index < -0.39 is 5.60 Å². The van der Waals surface area contributed by atoms with Crippen LogP contribution in [0.25, 0.3) is 0 Å². The Morgan fingerprint density at radius 2 is 1.52 bits per heavy atom. The zero-order valence-electron chi connectivity index (χ0n) is 12.8. The minimum Gasteiger partial charge on any atom is -0.380 e. The van der Waals surface area contributed by atoms with Crippen molar-refractivity contribution in [3.63, 3.8) is 0 Å². The lowest BCUT2D eigenvalue weighted by molar-refractivity contribution is 0.0134. The van der Waals surface area contributed by atoms with Gasteiger partial charge in [-0.25, -0.2) is 0 Å². The maximum absolute atomic E-state index is 11.5. The highest BCUT2D eigenvalue weighted by atomic mass is 35.5. The van der Waals surface area contributed by atoms with Crippen LogP contribution < -0.4 is 0 Å². The molecule has 2 atom stereocenters. The van der Waals surface area contributed by atoms with E-state index in [4.69, 9.17) is 11.6 Å². The molecular formula is C18H22ClNO. The second-order valence-electron chi connectivity index (χ2n) is 5.80. The Morgan fingerprint density at radius 3 is 2.05 bits per heavy atom. The molecule has 0 bridgehead atoms. The molecule has 2 nitrogen and oxygen atoms in total. The maximum Gasteiger partial charge on any atom is 0.118 e. The van der Waals surface area contributed by atoms with Crippen LogP contribution in [-0.2, 0) is 5.60 Å². The van der Waals surface area contributed by atoms with E-state index in [0.717, 1.165) is 17.7 Å². The minimum absolute atomic E-state index is 0.0380. The number of rotatable bonds is 5. The molecule has 0 saturated heterocycles. The highest BCUT2D eigenvalue weighted by molar-refractivity contribution is 6.30. The molecule has 2 rings (SSSR count). The average Bonchev–Trinajstić information content (AvgIpc) is 2.47. The molecule has 0 radical (unpaired) electrons. The summed E-state index contributed by atoms with van der Waals surface area (Å²) in [6.45, 7) is 2.86. The van der Waals surface area contributed by atoms with Crippen LogP contribution in [0.5, 0.6) is 0 Å². The van der Waals surface area contributed by atoms with Crippen molar-refractivity contribution in [1.29, 1.82) is 0 Å². The molecule has 21 heavy (non-hydrogen) atoms. The van der Waals surface area contributed by atoms with Crippen LogP contribution >= 0.6 is 11.6 Å². The Kier molecular flexibility index (Phi) is 5.04. The molecule has 0 aromatic heterocycles. The molecular weight excluding hydrogens is 282 g/mol. The van der Waals surface area contributed by atoms with Crippen LogP contribution in [0.1, 0.15) is 18.1 Å². The predicted molar refractivity (Wildman–Crippen MR) is 88.6 cm³/mol. The maximum atomic E-state index is 11.5. The summed E-state index contributed by atoms with van der Waals surface area (Å²) in [7, 11) is 4.04. The quantitative estimate of drug-likeness (QED) is 0.909. The van der Waals surface area contributed by atoms with Crippen LogP contribution in [0.2, 0.25) is 5.02 Å². The lowest BCUT2D eigenvalue weighted by Gasteiger charge is -2.36. The summed E-state index contributed by atoms with van der Waals surface area (Å²) in [5, 5.41) is 12.2. The molecule has 0 saturated carbocycles. The molecule has 0 unspecified atom stereocenters. The van der Waals surface area contributed by atoms with Crippen molar-refractivity contribution < 1.29 is 5.11 Å². The number of hydrogen-bond acceptors (Lipinski definition) is 2. The first-order valence-electron chi connectivity index (χ1n) is 7.13. The van der Waals surface area contributed by atoms with E-state index in [1.54, 1.807) is 0 Å². The fourth-order valence-corrected chi connectivity index (χ4v) is 2.94. The Hall–Kier alpha value is -1.35. The van der Waals surface area contributed by atoms with Crippen molar-refractivity contribution in [3.05, 3.63) is 70.7 Å². The van der Waals surface area contributed by atoms with Gasteiger partial charge in [-0.1, -0.05) is 61.0 Å². The van der Waals surface area contributed by atoms with Crippen LogP contribution in [0, 0.1) is 5.92 Å². The van der Waals surface area contributed by atoms with Gasteiger partial charge in [-0.05, 0) is 37.4 Å². The fourth-order valence-electron chi connectivity index (χ4n) is 2.81. The Balaban J connectivity index is 2.50. The lowest BCUT2D eigenvalue weighted by atomic mass is 9.76. The van der Waals surface area contributed by atoms with E-state index in [0.29, 0.717) is 5.02 Å². The number of nitrogens with zero attached hydrogens (tertiary/aromatic N) is 1. The Bertz CT molecular complexity index is 568. The summed E-state index contributed by atoms with van der Waals surface area (Å²) >= 11 is 5.98. The highest BCUT2D eigenvalue weighted by Crippen LogP contribution is 2.37. The van der Waals surface area contributed by atoms with Crippen LogP contribution in [0.3, 0.4) is 0 Å². The lowest BCUT2D eigenvalue weighted by Crippen LogP contribution is -2.40. The zero-order chi connectivity index (χ0) is 15.5. The third-order valence-corrected chi connectivity index (χ3v) is 4.10. The van der Waals surface area contributed by atoms with Crippen molar-refractivity contribution in [2.45, 2.75) is 12.5 Å². The van der Waals surface area contributed by atoms with E-state index in [9.17, 15) is 5.11 Å². The van der Waals surface area contributed by atoms with Crippen molar-refractivity contribution in [1.82, 2.24) is 4.90 Å². The average molecular weight is 304 g/mol. The first-order chi connectivity index (χ1) is 9.94. The molecule has 2 aromatic carbocycles. The summed E-state index contributed by atoms with van der Waals surface area (Å²) in [5.41, 5.74) is 0.741. The van der Waals surface area contributed by atoms with Gasteiger partial charge in [0, 0.05) is 17.5 Å². The van der Waals surface area contributed by atoms with Gasteiger partial charge in [0.15, 0.2) is 0 Å². The normalized spacial score (nSPS) is 15.7. The largest absolute Gasteiger partial charge is 0.380 e. The van der Waals surface area contributed by atoms with Gasteiger partial charge in [0.25, 0.3) is 0 Å². The molecule has 3 heteroatoms. The van der Waals surface area contributed by atoms with Gasteiger partial charge in [0.1, 0.15) is 5.60 Å². The minimum atomic E-state index is -1.03. The van der Waals surface area contributed by atoms with Crippen LogP contribution in [-0.4, -0.2) is 30.6 Å². The third-order valence-electron chi connectivity index (χ3n) is 3.85. The number of aliphatic hydroxyl groups is 1. The highest BCUT2D eigenvalue weighted by Gasteiger charge is 2.37. The topological polar surface area (TPSA) is 23.5 Å². The first kappa shape index (κ1) is 16.0. The van der Waals surface area contributed by atoms with Crippen molar-refractivity contribution >= 4 is 11.6 Å². The second-order valence-corrected chi connectivity index (χ2v) is 6.24. The molecule has 1 N–H and O–H groups in total. The van der Waals surface area contributed by atoms with Gasteiger partial charge < -0.3 is 10.0 Å². The van der Waals surface area contributed by atoms with Crippen molar-refractivity contribution in [3.8, 4) is 0 Å². The molecule has 0 heterocycles. The summed E-state index contributed by atoms with van der Waals surface area (Å²) in [6.07, 6.45) is 0. The summed E-state index contributed by atoms with van der Waals surface area (Å²) < 4.78 is 0. The molecule has 2 aromatic rings. The van der Waals surface area contributed by atoms with Gasteiger partial charge in [0.05, 0.1) is 0 Å². The molecule has 0 aliphatic carbocycles. The van der Waals surface area contributed by atoms with Gasteiger partial charge >= 0.3 is 0 Å². The standard InChI is InChI=1S/C18H22ClNO/c1-14(13-20(2)3)18(21,15-7-5-4-6-8-15)16-9-11-17(19)12-10-16/h4-12,14,21H,13H2,1-3H3/t14-,18-/m0/s1. The number of benzene rings is 2. The summed E-state index contributed by atoms with van der Waals surface area (Å²) in [6, 6.07) is 17.3. The molecule has 0 fully saturated rings. The molecule has 0 spiro atoms. The Labute approximate surface area is 132 Å². The molecule has 0 aliphatic heterocycles. The van der Waals surface area contributed by atoms with E-state index in [-0.39, 0.29) is 5.92 Å². The first-order valence-corrected chi connectivity index (χ1v) is 7.51. The van der Waals surface area contributed by atoms with Gasteiger partial charge in [-0.15, -0.1) is 0 Å². The Morgan fingerprint density at radius 1 is 1.00 bits per heavy atom. The summed E-state index contributed by atoms with van der Waals surface area (Å²) in [4.78, 5) is 2.09. The molecule has 112 valence electrons. The molecule has 0 amide bonds. The van der Waals surface area contributed by atoms with Gasteiger partial charge in [-0.3, -0.25) is 0 Å². The number of halogens is 1. The smallest absolute Gasteiger partial charge is 0.118 e. The fraction of sp³-hybridized carbons (Fsp3) is 0.333. The van der Waals surface area contributed by atoms with E-state index in [1.165, 1.54) is 0 Å². The molecule has 0 aliphatic rings.